The number of anilines is 1. The number of hydrogen-bond donors (Lipinski definition) is 1. The lowest BCUT2D eigenvalue weighted by molar-refractivity contribution is -0.146. The normalized spacial score (nSPS) is 19.5. The van der Waals surface area contributed by atoms with Crippen LogP contribution in [0.5, 0.6) is 0 Å². The molecular formula is C25H27N3O2. The zero-order valence-electron chi connectivity index (χ0n) is 17.5. The number of aromatic nitrogens is 2. The van der Waals surface area contributed by atoms with Gasteiger partial charge in [-0.3, -0.25) is 4.57 Å². The predicted octanol–water partition coefficient (Wildman–Crippen LogP) is 5.51. The molecule has 0 spiro atoms. The van der Waals surface area contributed by atoms with Crippen LogP contribution < -0.4 is 5.32 Å². The molecule has 5 nitrogen and oxygen atoms in total. The predicted molar refractivity (Wildman–Crippen MR) is 118 cm³/mol. The third-order valence-corrected chi connectivity index (χ3v) is 6.27. The molecule has 1 fully saturated rings. The number of carbonyl (C=O) groups is 1. The van der Waals surface area contributed by atoms with Gasteiger partial charge in [0.05, 0.1) is 22.6 Å². The molecule has 0 unspecified atom stereocenters. The highest BCUT2D eigenvalue weighted by molar-refractivity contribution is 5.94. The van der Waals surface area contributed by atoms with Crippen LogP contribution in [0.2, 0.25) is 0 Å². The van der Waals surface area contributed by atoms with Gasteiger partial charge in [-0.15, -0.1) is 0 Å². The van der Waals surface area contributed by atoms with Gasteiger partial charge in [0.25, 0.3) is 0 Å². The van der Waals surface area contributed by atoms with Crippen molar-refractivity contribution in [3.8, 4) is 0 Å². The molecule has 3 aromatic rings. The van der Waals surface area contributed by atoms with Crippen molar-refractivity contribution < 1.29 is 9.53 Å². The Morgan fingerprint density at radius 3 is 2.53 bits per heavy atom. The van der Waals surface area contributed by atoms with Crippen molar-refractivity contribution in [2.24, 2.45) is 0 Å². The third-order valence-electron chi connectivity index (χ3n) is 6.27. The Hall–Kier alpha value is -3.08. The van der Waals surface area contributed by atoms with Crippen LogP contribution in [0.25, 0.3) is 11.0 Å². The Balaban J connectivity index is 1.62. The van der Waals surface area contributed by atoms with E-state index in [2.05, 4.69) is 47.1 Å². The van der Waals surface area contributed by atoms with E-state index in [0.717, 1.165) is 53.9 Å². The van der Waals surface area contributed by atoms with Crippen LogP contribution in [-0.2, 0) is 9.53 Å². The van der Waals surface area contributed by atoms with Crippen molar-refractivity contribution in [3.05, 3.63) is 70.9 Å². The Morgan fingerprint density at radius 2 is 1.77 bits per heavy atom. The number of nitrogens with one attached hydrogen (secondary N) is 1. The first-order valence-corrected chi connectivity index (χ1v) is 10.8. The van der Waals surface area contributed by atoms with Gasteiger partial charge < -0.3 is 10.1 Å². The Morgan fingerprint density at radius 1 is 1.03 bits per heavy atom. The van der Waals surface area contributed by atoms with Gasteiger partial charge in [-0.1, -0.05) is 48.4 Å². The molecule has 2 aliphatic rings. The standard InChI is InChI=1S/C25H27N3O2/c1-16-12-14-18(15-13-16)23-22(24(29)30-19-8-4-3-5-9-19)17(2)26-25-27-20-10-6-7-11-21(20)28(23)25/h6-7,10-15,19,23H,3-5,8-9H2,1-2H3,(H,26,27)/t23-/m0/s1. The molecule has 0 amide bonds. The molecule has 30 heavy (non-hydrogen) atoms. The number of allylic oxidation sites excluding steroid dienone is 1. The summed E-state index contributed by atoms with van der Waals surface area (Å²) in [5, 5.41) is 3.36. The van der Waals surface area contributed by atoms with E-state index in [1.807, 2.05) is 25.1 Å². The Bertz CT molecular complexity index is 1120. The quantitative estimate of drug-likeness (QED) is 0.588. The summed E-state index contributed by atoms with van der Waals surface area (Å²) in [7, 11) is 0. The molecule has 0 saturated heterocycles. The average molecular weight is 402 g/mol. The van der Waals surface area contributed by atoms with Crippen LogP contribution in [0, 0.1) is 6.92 Å². The number of para-hydroxylation sites is 2. The number of carbonyl (C=O) groups excluding carboxylic acids is 1. The smallest absolute Gasteiger partial charge is 0.338 e. The second kappa shape index (κ2) is 7.63. The molecule has 0 bridgehead atoms. The van der Waals surface area contributed by atoms with Crippen molar-refractivity contribution in [1.29, 1.82) is 0 Å². The third kappa shape index (κ3) is 3.28. The van der Waals surface area contributed by atoms with Gasteiger partial charge in [-0.25, -0.2) is 9.78 Å². The Kier molecular flexibility index (Phi) is 4.81. The van der Waals surface area contributed by atoms with Gasteiger partial charge in [0.15, 0.2) is 0 Å². The van der Waals surface area contributed by atoms with Crippen molar-refractivity contribution in [2.75, 3.05) is 5.32 Å². The van der Waals surface area contributed by atoms with Crippen molar-refractivity contribution in [1.82, 2.24) is 9.55 Å². The number of benzene rings is 2. The molecule has 0 radical (unpaired) electrons. The van der Waals surface area contributed by atoms with Gasteiger partial charge in [-0.2, -0.15) is 0 Å². The molecule has 1 aliphatic carbocycles. The van der Waals surface area contributed by atoms with E-state index in [1.54, 1.807) is 0 Å². The van der Waals surface area contributed by atoms with Crippen LogP contribution in [0.3, 0.4) is 0 Å². The maximum atomic E-state index is 13.4. The number of fused-ring (bicyclic) bond motifs is 3. The second-order valence-electron chi connectivity index (χ2n) is 8.44. The molecule has 1 atom stereocenters. The average Bonchev–Trinajstić information content (AvgIpc) is 3.12. The molecule has 5 rings (SSSR count). The summed E-state index contributed by atoms with van der Waals surface area (Å²) in [4.78, 5) is 18.2. The summed E-state index contributed by atoms with van der Waals surface area (Å²) in [6.45, 7) is 4.02. The van der Waals surface area contributed by atoms with E-state index < -0.39 is 0 Å². The van der Waals surface area contributed by atoms with Gasteiger partial charge in [0.2, 0.25) is 5.95 Å². The summed E-state index contributed by atoms with van der Waals surface area (Å²) < 4.78 is 8.14. The molecule has 5 heteroatoms. The highest BCUT2D eigenvalue weighted by Gasteiger charge is 2.35. The fourth-order valence-corrected chi connectivity index (χ4v) is 4.69. The largest absolute Gasteiger partial charge is 0.459 e. The molecule has 1 N–H and O–H groups in total. The van der Waals surface area contributed by atoms with Crippen molar-refractivity contribution >= 4 is 23.0 Å². The number of hydrogen-bond acceptors (Lipinski definition) is 4. The molecule has 1 aliphatic heterocycles. The zero-order chi connectivity index (χ0) is 20.7. The van der Waals surface area contributed by atoms with E-state index >= 15 is 0 Å². The van der Waals surface area contributed by atoms with E-state index in [1.165, 1.54) is 12.0 Å². The van der Waals surface area contributed by atoms with Crippen LogP contribution in [0.15, 0.2) is 59.8 Å². The first kappa shape index (κ1) is 18.9. The van der Waals surface area contributed by atoms with Crippen LogP contribution in [-0.4, -0.2) is 21.6 Å². The fraction of sp³-hybridized carbons (Fsp3) is 0.360. The number of esters is 1. The lowest BCUT2D eigenvalue weighted by Gasteiger charge is -2.31. The van der Waals surface area contributed by atoms with Gasteiger partial charge in [-0.05, 0) is 57.2 Å². The summed E-state index contributed by atoms with van der Waals surface area (Å²) >= 11 is 0. The maximum Gasteiger partial charge on any atom is 0.338 e. The summed E-state index contributed by atoms with van der Waals surface area (Å²) in [6.07, 6.45) is 5.43. The minimum absolute atomic E-state index is 0.0196. The van der Waals surface area contributed by atoms with E-state index in [4.69, 9.17) is 9.72 Å². The molecule has 2 heterocycles. The van der Waals surface area contributed by atoms with Crippen molar-refractivity contribution in [2.45, 2.75) is 58.1 Å². The van der Waals surface area contributed by atoms with Crippen molar-refractivity contribution in [3.63, 3.8) is 0 Å². The number of nitrogens with zero attached hydrogens (tertiary/aromatic N) is 2. The lowest BCUT2D eigenvalue weighted by Crippen LogP contribution is -2.31. The first-order valence-electron chi connectivity index (χ1n) is 10.8. The summed E-state index contributed by atoms with van der Waals surface area (Å²) in [5.41, 5.74) is 5.63. The molecule has 1 saturated carbocycles. The molecule has 154 valence electrons. The fourth-order valence-electron chi connectivity index (χ4n) is 4.69. The summed E-state index contributed by atoms with van der Waals surface area (Å²) in [6, 6.07) is 16.2. The number of rotatable bonds is 3. The molecule has 1 aromatic heterocycles. The number of imidazole rings is 1. The van der Waals surface area contributed by atoms with Gasteiger partial charge in [0, 0.05) is 5.70 Å². The lowest BCUT2D eigenvalue weighted by atomic mass is 9.93. The first-order chi connectivity index (χ1) is 14.6. The van der Waals surface area contributed by atoms with E-state index in [-0.39, 0.29) is 18.1 Å². The van der Waals surface area contributed by atoms with Gasteiger partial charge in [0.1, 0.15) is 6.10 Å². The topological polar surface area (TPSA) is 56.2 Å². The SMILES string of the molecule is CC1=C(C(=O)OC2CCCCC2)[C@H](c2ccc(C)cc2)n2c(nc3ccccc32)N1. The minimum Gasteiger partial charge on any atom is -0.459 e. The highest BCUT2D eigenvalue weighted by Crippen LogP contribution is 2.40. The zero-order valence-corrected chi connectivity index (χ0v) is 17.5. The maximum absolute atomic E-state index is 13.4. The molecular weight excluding hydrogens is 374 g/mol. The number of ether oxygens (including phenoxy) is 1. The summed E-state index contributed by atoms with van der Waals surface area (Å²) in [5.74, 6) is 0.536. The Labute approximate surface area is 176 Å². The van der Waals surface area contributed by atoms with E-state index in [9.17, 15) is 4.79 Å². The monoisotopic (exact) mass is 401 g/mol. The second-order valence-corrected chi connectivity index (χ2v) is 8.44. The van der Waals surface area contributed by atoms with Crippen LogP contribution >= 0.6 is 0 Å². The molecule has 2 aromatic carbocycles. The highest BCUT2D eigenvalue weighted by atomic mass is 16.5. The van der Waals surface area contributed by atoms with Gasteiger partial charge >= 0.3 is 5.97 Å². The van der Waals surface area contributed by atoms with E-state index in [0.29, 0.717) is 5.57 Å². The van der Waals surface area contributed by atoms with Crippen LogP contribution in [0.1, 0.15) is 56.2 Å². The minimum atomic E-state index is -0.273. The number of aryl methyl sites for hydroxylation is 1. The van der Waals surface area contributed by atoms with Crippen LogP contribution in [0.4, 0.5) is 5.95 Å².